The van der Waals surface area contributed by atoms with E-state index >= 15 is 0 Å². The van der Waals surface area contributed by atoms with Crippen LogP contribution in [0.2, 0.25) is 0 Å². The molecule has 0 bridgehead atoms. The van der Waals surface area contributed by atoms with Crippen LogP contribution < -0.4 is 10.0 Å². The summed E-state index contributed by atoms with van der Waals surface area (Å²) in [6.07, 6.45) is 0. The number of rotatable bonds is 9. The molecule has 0 fully saturated rings. The minimum atomic E-state index is -3.88. The van der Waals surface area contributed by atoms with Crippen LogP contribution >= 0.6 is 0 Å². The van der Waals surface area contributed by atoms with Gasteiger partial charge in [0.2, 0.25) is 0 Å². The largest absolute Gasteiger partial charge is 0.494 e. The minimum Gasteiger partial charge on any atom is -0.494 e. The second kappa shape index (κ2) is 11.6. The quantitative estimate of drug-likeness (QED) is 0.135. The lowest BCUT2D eigenvalue weighted by Gasteiger charge is -2.10. The van der Waals surface area contributed by atoms with Crippen molar-refractivity contribution in [3.8, 4) is 5.88 Å². The van der Waals surface area contributed by atoms with E-state index in [9.17, 15) is 13.5 Å². The van der Waals surface area contributed by atoms with Crippen molar-refractivity contribution in [3.63, 3.8) is 0 Å². The van der Waals surface area contributed by atoms with Gasteiger partial charge in [0.1, 0.15) is 0 Å². The number of hydrogen-bond acceptors (Lipinski definition) is 5. The van der Waals surface area contributed by atoms with Crippen LogP contribution in [0.3, 0.4) is 0 Å². The Hall–Kier alpha value is -5.34. The van der Waals surface area contributed by atoms with Gasteiger partial charge in [-0.15, -0.1) is 0 Å². The first-order valence-electron chi connectivity index (χ1n) is 13.4. The summed E-state index contributed by atoms with van der Waals surface area (Å²) in [5, 5.41) is 15.0. The Bertz CT molecular complexity index is 1950. The van der Waals surface area contributed by atoms with E-state index in [0.717, 1.165) is 16.8 Å². The Labute approximate surface area is 244 Å². The van der Waals surface area contributed by atoms with E-state index in [1.807, 2.05) is 91.0 Å². The number of hydrogen-bond donors (Lipinski definition) is 4. The van der Waals surface area contributed by atoms with E-state index in [1.165, 1.54) is 6.07 Å². The van der Waals surface area contributed by atoms with Crippen molar-refractivity contribution in [1.29, 1.82) is 0 Å². The summed E-state index contributed by atoms with van der Waals surface area (Å²) >= 11 is 0. The van der Waals surface area contributed by atoms with Crippen LogP contribution in [0.4, 0.5) is 17.1 Å². The first-order valence-corrected chi connectivity index (χ1v) is 14.9. The second-order valence-electron chi connectivity index (χ2n) is 9.74. The van der Waals surface area contributed by atoms with E-state index in [4.69, 9.17) is 4.99 Å². The van der Waals surface area contributed by atoms with Crippen molar-refractivity contribution in [3.05, 3.63) is 150 Å². The Balaban J connectivity index is 1.38. The molecule has 0 unspecified atom stereocenters. The number of aromatic hydroxyl groups is 1. The van der Waals surface area contributed by atoms with Gasteiger partial charge in [0, 0.05) is 34.4 Å². The predicted molar refractivity (Wildman–Crippen MR) is 169 cm³/mol. The third-order valence-electron chi connectivity index (χ3n) is 6.82. The number of aliphatic imine (C=N–C) groups is 1. The summed E-state index contributed by atoms with van der Waals surface area (Å²) < 4.78 is 29.1. The zero-order chi connectivity index (χ0) is 28.9. The highest BCUT2D eigenvalue weighted by molar-refractivity contribution is 7.92. The summed E-state index contributed by atoms with van der Waals surface area (Å²) in [6, 6.07) is 40.8. The fourth-order valence-corrected chi connectivity index (χ4v) is 5.81. The fraction of sp³-hybridized carbons (Fsp3) is 0.0294. The van der Waals surface area contributed by atoms with Crippen molar-refractivity contribution in [1.82, 2.24) is 4.98 Å². The Morgan fingerprint density at radius 1 is 0.738 bits per heavy atom. The third kappa shape index (κ3) is 5.89. The molecule has 0 saturated carbocycles. The Morgan fingerprint density at radius 2 is 1.36 bits per heavy atom. The number of anilines is 2. The minimum absolute atomic E-state index is 0.0711. The second-order valence-corrected chi connectivity index (χ2v) is 11.4. The number of aromatic amines is 1. The standard InChI is InChI=1S/C34H28N4O3S/c39-34-32(30-22-29(20-21-31(30)37-34)42(40,41)38-28-14-8-3-9-15-28)33(25-10-4-1-5-11-25)36-27-18-16-24(17-19-27)23-35-26-12-6-2-7-13-26/h1-22,35,37-39H,23H2. The molecule has 0 amide bonds. The van der Waals surface area contributed by atoms with Crippen molar-refractivity contribution in [2.45, 2.75) is 11.4 Å². The number of benzene rings is 5. The number of aromatic nitrogens is 1. The lowest BCUT2D eigenvalue weighted by molar-refractivity contribution is 0.457. The van der Waals surface area contributed by atoms with Crippen LogP contribution in [-0.2, 0) is 16.6 Å². The van der Waals surface area contributed by atoms with E-state index in [-0.39, 0.29) is 10.8 Å². The summed E-state index contributed by atoms with van der Waals surface area (Å²) in [5.74, 6) is -0.0955. The molecule has 5 aromatic carbocycles. The number of H-pyrrole nitrogens is 1. The van der Waals surface area contributed by atoms with Crippen LogP contribution in [0.1, 0.15) is 16.7 Å². The molecule has 1 heterocycles. The molecule has 6 rings (SSSR count). The average molecular weight is 573 g/mol. The first-order chi connectivity index (χ1) is 20.5. The zero-order valence-electron chi connectivity index (χ0n) is 22.5. The van der Waals surface area contributed by atoms with Gasteiger partial charge in [0.05, 0.1) is 21.9 Å². The molecule has 1 aromatic heterocycles. The van der Waals surface area contributed by atoms with E-state index in [2.05, 4.69) is 15.0 Å². The van der Waals surface area contributed by atoms with Gasteiger partial charge < -0.3 is 15.4 Å². The van der Waals surface area contributed by atoms with Crippen molar-refractivity contribution < 1.29 is 13.5 Å². The number of fused-ring (bicyclic) bond motifs is 1. The molecule has 7 nitrogen and oxygen atoms in total. The molecule has 0 saturated heterocycles. The molecule has 42 heavy (non-hydrogen) atoms. The maximum atomic E-state index is 13.3. The zero-order valence-corrected chi connectivity index (χ0v) is 23.3. The first kappa shape index (κ1) is 26.9. The van der Waals surface area contributed by atoms with Crippen LogP contribution in [0.15, 0.2) is 143 Å². The number of nitrogens with one attached hydrogen (secondary N) is 3. The highest BCUT2D eigenvalue weighted by Crippen LogP contribution is 2.33. The lowest BCUT2D eigenvalue weighted by atomic mass is 10.0. The molecule has 0 radical (unpaired) electrons. The van der Waals surface area contributed by atoms with Gasteiger partial charge in [-0.25, -0.2) is 13.4 Å². The lowest BCUT2D eigenvalue weighted by Crippen LogP contribution is -2.12. The van der Waals surface area contributed by atoms with Gasteiger partial charge >= 0.3 is 0 Å². The number of para-hydroxylation sites is 2. The van der Waals surface area contributed by atoms with Crippen LogP contribution in [0.5, 0.6) is 5.88 Å². The topological polar surface area (TPSA) is 107 Å². The SMILES string of the molecule is O=S(=O)(Nc1ccccc1)c1ccc2[nH]c(O)c(C(=Nc3ccc(CNc4ccccc4)cc3)c3ccccc3)c2c1. The highest BCUT2D eigenvalue weighted by Gasteiger charge is 2.22. The maximum Gasteiger partial charge on any atom is 0.261 e. The van der Waals surface area contributed by atoms with Gasteiger partial charge in [-0.3, -0.25) is 4.72 Å². The van der Waals surface area contributed by atoms with E-state index in [0.29, 0.717) is 40.1 Å². The van der Waals surface area contributed by atoms with Crippen molar-refractivity contribution in [2.24, 2.45) is 4.99 Å². The molecule has 4 N–H and O–H groups in total. The normalized spacial score (nSPS) is 11.9. The van der Waals surface area contributed by atoms with E-state index < -0.39 is 10.0 Å². The number of sulfonamides is 1. The monoisotopic (exact) mass is 572 g/mol. The summed E-state index contributed by atoms with van der Waals surface area (Å²) in [4.78, 5) is 8.01. The Kier molecular flexibility index (Phi) is 7.45. The molecule has 208 valence electrons. The van der Waals surface area contributed by atoms with Crippen molar-refractivity contribution in [2.75, 3.05) is 10.0 Å². The smallest absolute Gasteiger partial charge is 0.261 e. The van der Waals surface area contributed by atoms with E-state index in [1.54, 1.807) is 36.4 Å². The van der Waals surface area contributed by atoms with Gasteiger partial charge in [-0.05, 0) is 60.2 Å². The molecule has 0 aliphatic rings. The van der Waals surface area contributed by atoms with Crippen LogP contribution in [0, 0.1) is 0 Å². The molecule has 8 heteroatoms. The van der Waals surface area contributed by atoms with Gasteiger partial charge in [-0.1, -0.05) is 78.9 Å². The summed E-state index contributed by atoms with van der Waals surface area (Å²) in [5.41, 5.74) is 5.59. The highest BCUT2D eigenvalue weighted by atomic mass is 32.2. The molecule has 0 spiro atoms. The van der Waals surface area contributed by atoms with Crippen LogP contribution in [0.25, 0.3) is 10.9 Å². The van der Waals surface area contributed by atoms with Gasteiger partial charge in [0.15, 0.2) is 5.88 Å². The molecular weight excluding hydrogens is 544 g/mol. The Morgan fingerprint density at radius 3 is 2.02 bits per heavy atom. The fourth-order valence-electron chi connectivity index (χ4n) is 4.72. The average Bonchev–Trinajstić information content (AvgIpc) is 3.35. The van der Waals surface area contributed by atoms with Crippen LogP contribution in [-0.4, -0.2) is 24.2 Å². The maximum absolute atomic E-state index is 13.3. The summed E-state index contributed by atoms with van der Waals surface area (Å²) in [7, 11) is -3.88. The van der Waals surface area contributed by atoms with Gasteiger partial charge in [-0.2, -0.15) is 0 Å². The molecular formula is C34H28N4O3S. The molecule has 0 aliphatic carbocycles. The predicted octanol–water partition coefficient (Wildman–Crippen LogP) is 7.46. The third-order valence-corrected chi connectivity index (χ3v) is 8.20. The van der Waals surface area contributed by atoms with Crippen molar-refractivity contribution >= 4 is 43.7 Å². The molecule has 6 aromatic rings. The molecule has 0 atom stereocenters. The summed E-state index contributed by atoms with van der Waals surface area (Å²) in [6.45, 7) is 0.664. The number of nitrogens with zero attached hydrogens (tertiary/aromatic N) is 1. The van der Waals surface area contributed by atoms with Gasteiger partial charge in [0.25, 0.3) is 10.0 Å². The molecule has 0 aliphatic heterocycles.